The number of alkyl halides is 3. The van der Waals surface area contributed by atoms with Gasteiger partial charge in [0, 0.05) is 49.7 Å². The molecule has 0 saturated carbocycles. The third kappa shape index (κ3) is 6.59. The summed E-state index contributed by atoms with van der Waals surface area (Å²) in [7, 11) is 3.03. The molecule has 0 aliphatic carbocycles. The molecule has 13 heteroatoms. The predicted octanol–water partition coefficient (Wildman–Crippen LogP) is 4.92. The number of carbonyl (C=O) groups excluding carboxylic acids is 2. The van der Waals surface area contributed by atoms with Crippen LogP contribution in [-0.2, 0) is 22.3 Å². The Morgan fingerprint density at radius 1 is 1.05 bits per heavy atom. The molecule has 0 atom stereocenters. The topological polar surface area (TPSA) is 118 Å². The summed E-state index contributed by atoms with van der Waals surface area (Å²) < 4.78 is 44.4. The maximum atomic E-state index is 13.2. The van der Waals surface area contributed by atoms with Crippen molar-refractivity contribution in [3.05, 3.63) is 76.6 Å². The van der Waals surface area contributed by atoms with Crippen LogP contribution < -0.4 is 16.0 Å². The van der Waals surface area contributed by atoms with E-state index in [-0.39, 0.29) is 41.0 Å². The highest BCUT2D eigenvalue weighted by atomic mass is 35.5. The van der Waals surface area contributed by atoms with Crippen LogP contribution in [0.15, 0.2) is 54.9 Å². The van der Waals surface area contributed by atoms with Crippen LogP contribution >= 0.6 is 11.6 Å². The molecular weight excluding hydrogens is 537 g/mol. The third-order valence-corrected chi connectivity index (χ3v) is 5.89. The second kappa shape index (κ2) is 11.6. The Kier molecular flexibility index (Phi) is 8.27. The van der Waals surface area contributed by atoms with E-state index in [2.05, 4.69) is 30.9 Å². The smallest absolute Gasteiger partial charge is 0.375 e. The van der Waals surface area contributed by atoms with Crippen LogP contribution in [0.2, 0.25) is 5.02 Å². The quantitative estimate of drug-likeness (QED) is 0.281. The number of benzene rings is 2. The van der Waals surface area contributed by atoms with Crippen LogP contribution in [0.4, 0.5) is 24.7 Å². The van der Waals surface area contributed by atoms with Crippen LogP contribution in [0.3, 0.4) is 0 Å². The zero-order valence-electron chi connectivity index (χ0n) is 20.7. The van der Waals surface area contributed by atoms with Crippen molar-refractivity contribution < 1.29 is 27.5 Å². The summed E-state index contributed by atoms with van der Waals surface area (Å²) in [6.07, 6.45) is -2.60. The molecule has 0 saturated heterocycles. The second-order valence-corrected chi connectivity index (χ2v) is 8.72. The number of methoxy groups -OCH3 is 1. The fourth-order valence-corrected chi connectivity index (χ4v) is 3.89. The number of rotatable bonds is 8. The maximum Gasteiger partial charge on any atom is 0.417 e. The van der Waals surface area contributed by atoms with Gasteiger partial charge in [-0.1, -0.05) is 17.7 Å². The van der Waals surface area contributed by atoms with Crippen molar-refractivity contribution in [2.75, 3.05) is 31.4 Å². The molecule has 0 unspecified atom stereocenters. The zero-order valence-corrected chi connectivity index (χ0v) is 21.4. The number of anilines is 2. The molecule has 0 aliphatic heterocycles. The lowest BCUT2D eigenvalue weighted by Gasteiger charge is -2.12. The third-order valence-electron chi connectivity index (χ3n) is 5.56. The number of pyridine rings is 1. The second-order valence-electron chi connectivity index (χ2n) is 8.32. The van der Waals surface area contributed by atoms with Gasteiger partial charge in [-0.3, -0.25) is 14.6 Å². The highest BCUT2D eigenvalue weighted by molar-refractivity contribution is 6.34. The number of fused-ring (bicyclic) bond motifs is 1. The molecule has 4 rings (SSSR count). The van der Waals surface area contributed by atoms with Gasteiger partial charge >= 0.3 is 6.18 Å². The molecule has 0 radical (unpaired) electrons. The lowest BCUT2D eigenvalue weighted by Crippen LogP contribution is -2.26. The van der Waals surface area contributed by atoms with E-state index in [9.17, 15) is 22.8 Å². The van der Waals surface area contributed by atoms with Crippen LogP contribution in [0.5, 0.6) is 0 Å². The predicted molar refractivity (Wildman–Crippen MR) is 140 cm³/mol. The lowest BCUT2D eigenvalue weighted by atomic mass is 10.1. The summed E-state index contributed by atoms with van der Waals surface area (Å²) in [6.45, 7) is 0.0835. The van der Waals surface area contributed by atoms with Gasteiger partial charge < -0.3 is 20.7 Å². The number of nitrogens with zero attached hydrogens (tertiary/aromatic N) is 3. The standard InChI is InChI=1S/C26H22ClF3N6O3/c1-31-24-18-5-4-17(9-21(18)35-23(36-24)15-8-16(12-32-11-15)26(28,29)30)34-25(38)19-7-14(3-6-20(19)27)10-33-22(37)13-39-2/h3-9,11-12H,10,13H2,1-2H3,(H,33,37)(H,34,38)(H,31,35,36). The van der Waals surface area contributed by atoms with Gasteiger partial charge in [-0.2, -0.15) is 13.2 Å². The molecule has 3 N–H and O–H groups in total. The zero-order chi connectivity index (χ0) is 28.2. The van der Waals surface area contributed by atoms with Crippen LogP contribution in [0.25, 0.3) is 22.3 Å². The van der Waals surface area contributed by atoms with E-state index in [1.165, 1.54) is 13.3 Å². The fourth-order valence-electron chi connectivity index (χ4n) is 3.68. The van der Waals surface area contributed by atoms with E-state index < -0.39 is 17.6 Å². The Labute approximate surface area is 225 Å². The van der Waals surface area contributed by atoms with Crippen LogP contribution in [0.1, 0.15) is 21.5 Å². The highest BCUT2D eigenvalue weighted by Crippen LogP contribution is 2.32. The minimum Gasteiger partial charge on any atom is -0.375 e. The monoisotopic (exact) mass is 558 g/mol. The summed E-state index contributed by atoms with van der Waals surface area (Å²) in [5.41, 5.74) is 0.742. The first-order valence-electron chi connectivity index (χ1n) is 11.5. The Bertz CT molecular complexity index is 1550. The van der Waals surface area contributed by atoms with Crippen molar-refractivity contribution in [2.45, 2.75) is 12.7 Å². The molecule has 2 heterocycles. The van der Waals surface area contributed by atoms with Gasteiger partial charge in [-0.05, 0) is 42.0 Å². The van der Waals surface area contributed by atoms with Gasteiger partial charge in [0.1, 0.15) is 12.4 Å². The van der Waals surface area contributed by atoms with E-state index in [0.29, 0.717) is 28.0 Å². The summed E-state index contributed by atoms with van der Waals surface area (Å²) in [5.74, 6) is -0.399. The van der Waals surface area contributed by atoms with Gasteiger partial charge in [0.05, 0.1) is 21.7 Å². The summed E-state index contributed by atoms with van der Waals surface area (Å²) >= 11 is 6.25. The van der Waals surface area contributed by atoms with E-state index in [1.54, 1.807) is 43.4 Å². The molecule has 0 aliphatic rings. The van der Waals surface area contributed by atoms with Crippen molar-refractivity contribution in [1.29, 1.82) is 0 Å². The van der Waals surface area contributed by atoms with Gasteiger partial charge in [0.15, 0.2) is 5.82 Å². The summed E-state index contributed by atoms with van der Waals surface area (Å²) in [6, 6.07) is 10.6. The number of amides is 2. The van der Waals surface area contributed by atoms with E-state index >= 15 is 0 Å². The number of carbonyl (C=O) groups is 2. The first-order chi connectivity index (χ1) is 18.6. The van der Waals surface area contributed by atoms with E-state index in [4.69, 9.17) is 16.3 Å². The number of nitrogens with one attached hydrogen (secondary N) is 3. The normalized spacial score (nSPS) is 11.3. The first kappa shape index (κ1) is 27.7. The minimum atomic E-state index is -4.57. The average molecular weight is 559 g/mol. The van der Waals surface area contributed by atoms with Crippen LogP contribution in [-0.4, -0.2) is 47.5 Å². The molecule has 2 aromatic carbocycles. The number of halogens is 4. The molecule has 2 aromatic heterocycles. The van der Waals surface area contributed by atoms with Crippen molar-refractivity contribution >= 4 is 45.8 Å². The van der Waals surface area contributed by atoms with Gasteiger partial charge in [-0.25, -0.2) is 9.97 Å². The Morgan fingerprint density at radius 2 is 1.85 bits per heavy atom. The number of aromatic nitrogens is 3. The highest BCUT2D eigenvalue weighted by Gasteiger charge is 2.31. The average Bonchev–Trinajstić information content (AvgIpc) is 2.91. The van der Waals surface area contributed by atoms with Gasteiger partial charge in [-0.15, -0.1) is 0 Å². The molecule has 202 valence electrons. The number of hydrogen-bond donors (Lipinski definition) is 3. The Balaban J connectivity index is 1.62. The van der Waals surface area contributed by atoms with Crippen molar-refractivity contribution in [2.24, 2.45) is 0 Å². The molecule has 4 aromatic rings. The van der Waals surface area contributed by atoms with E-state index in [0.717, 1.165) is 12.3 Å². The van der Waals surface area contributed by atoms with Crippen molar-refractivity contribution in [1.82, 2.24) is 20.3 Å². The maximum absolute atomic E-state index is 13.2. The molecule has 0 bridgehead atoms. The first-order valence-corrected chi connectivity index (χ1v) is 11.8. The van der Waals surface area contributed by atoms with E-state index in [1.807, 2.05) is 0 Å². The number of ether oxygens (including phenoxy) is 1. The Morgan fingerprint density at radius 3 is 2.56 bits per heavy atom. The lowest BCUT2D eigenvalue weighted by molar-refractivity contribution is -0.137. The fraction of sp³-hybridized carbons (Fsp3) is 0.192. The molecule has 9 nitrogen and oxygen atoms in total. The van der Waals surface area contributed by atoms with Gasteiger partial charge in [0.25, 0.3) is 5.91 Å². The van der Waals surface area contributed by atoms with Crippen molar-refractivity contribution in [3.8, 4) is 11.4 Å². The SMILES string of the molecule is CNc1nc(-c2cncc(C(F)(F)F)c2)nc2cc(NC(=O)c3cc(CNC(=O)COC)ccc3Cl)ccc12. The minimum absolute atomic E-state index is 0.0280. The molecule has 39 heavy (non-hydrogen) atoms. The van der Waals surface area contributed by atoms with Crippen LogP contribution in [0, 0.1) is 0 Å². The molecular formula is C26H22ClF3N6O3. The van der Waals surface area contributed by atoms with Crippen molar-refractivity contribution in [3.63, 3.8) is 0 Å². The van der Waals surface area contributed by atoms with Gasteiger partial charge in [0.2, 0.25) is 5.91 Å². The molecule has 2 amide bonds. The number of hydrogen-bond acceptors (Lipinski definition) is 7. The largest absolute Gasteiger partial charge is 0.417 e. The summed E-state index contributed by atoms with van der Waals surface area (Å²) in [4.78, 5) is 37.1. The molecule has 0 fully saturated rings. The Hall–Kier alpha value is -4.29. The molecule has 0 spiro atoms. The summed E-state index contributed by atoms with van der Waals surface area (Å²) in [5, 5.41) is 9.14.